The van der Waals surface area contributed by atoms with Crippen molar-refractivity contribution in [3.8, 4) is 33.8 Å². The molecule has 3 amide bonds. The summed E-state index contributed by atoms with van der Waals surface area (Å²) in [7, 11) is 5.00. The minimum atomic E-state index is -4.51. The smallest absolute Gasteiger partial charge is 0.354 e. The van der Waals surface area contributed by atoms with Crippen molar-refractivity contribution in [2.75, 3.05) is 16.0 Å². The van der Waals surface area contributed by atoms with E-state index in [0.29, 0.717) is 67.5 Å². The van der Waals surface area contributed by atoms with Gasteiger partial charge in [0, 0.05) is 139 Å². The Morgan fingerprint density at radius 2 is 0.881 bits per heavy atom. The molecule has 0 saturated carbocycles. The second kappa shape index (κ2) is 23.7. The first-order chi connectivity index (χ1) is 40.2. The lowest BCUT2D eigenvalue weighted by atomic mass is 10.0. The van der Waals surface area contributed by atoms with Gasteiger partial charge in [0.2, 0.25) is 0 Å². The molecule has 0 radical (unpaired) electrons. The molecule has 12 aromatic rings. The molecule has 0 aliphatic heterocycles. The van der Waals surface area contributed by atoms with Crippen molar-refractivity contribution in [3.05, 3.63) is 215 Å². The molecule has 0 aliphatic carbocycles. The highest BCUT2D eigenvalue weighted by Crippen LogP contribution is 2.40. The Bertz CT molecular complexity index is 4420. The summed E-state index contributed by atoms with van der Waals surface area (Å²) in [4.78, 5) is 46.1. The SMILES string of the molecule is Cn1nccc1C(=O)Nc1ccc2cc(-c3cc(Cl)ccc3C(F)(F)F)[nH]c2c1.Cn1nccc1C(=O)Nc1ccc2cc(-c3cc(F)ccc3C(F)F)[nH]c2c1.Cn1nccc1C(=O)Nc1ccc2cc(-c3ccccc3C(F)F)[nH]c2c1. The molecule has 426 valence electrons. The van der Waals surface area contributed by atoms with Gasteiger partial charge in [-0.25, -0.2) is 22.0 Å². The van der Waals surface area contributed by atoms with Crippen LogP contribution in [0.2, 0.25) is 5.02 Å². The van der Waals surface area contributed by atoms with E-state index < -0.39 is 30.4 Å². The van der Waals surface area contributed by atoms with Crippen molar-refractivity contribution in [2.24, 2.45) is 21.1 Å². The topological polar surface area (TPSA) is 188 Å². The van der Waals surface area contributed by atoms with Crippen LogP contribution in [0.3, 0.4) is 0 Å². The summed E-state index contributed by atoms with van der Waals surface area (Å²) < 4.78 is 111. The Kier molecular flexibility index (Phi) is 16.0. The van der Waals surface area contributed by atoms with Crippen LogP contribution in [0.15, 0.2) is 170 Å². The van der Waals surface area contributed by atoms with Crippen molar-refractivity contribution in [1.82, 2.24) is 44.3 Å². The molecular weight excluding hydrogens is 1120 g/mol. The number of aromatic amines is 3. The number of nitrogens with zero attached hydrogens (tertiary/aromatic N) is 6. The van der Waals surface area contributed by atoms with Gasteiger partial charge in [-0.1, -0.05) is 54.1 Å². The molecule has 0 aliphatic rings. The Hall–Kier alpha value is -10.3. The number of nitrogens with one attached hydrogen (secondary N) is 6. The third-order valence-electron chi connectivity index (χ3n) is 13.4. The normalized spacial score (nSPS) is 11.5. The average Bonchev–Trinajstić information content (AvgIpc) is 2.70. The summed E-state index contributed by atoms with van der Waals surface area (Å²) in [5.41, 5.74) is 5.54. The predicted molar refractivity (Wildman–Crippen MR) is 305 cm³/mol. The van der Waals surface area contributed by atoms with Crippen molar-refractivity contribution in [2.45, 2.75) is 19.0 Å². The second-order valence-corrected chi connectivity index (χ2v) is 19.4. The number of rotatable bonds is 11. The molecule has 0 saturated heterocycles. The van der Waals surface area contributed by atoms with Gasteiger partial charge in [-0.3, -0.25) is 28.4 Å². The van der Waals surface area contributed by atoms with E-state index in [0.717, 1.165) is 40.6 Å². The number of aromatic nitrogens is 9. The van der Waals surface area contributed by atoms with Gasteiger partial charge in [0.25, 0.3) is 30.6 Å². The molecule has 6 aromatic carbocycles. The lowest BCUT2D eigenvalue weighted by Crippen LogP contribution is -2.15. The molecule has 84 heavy (non-hydrogen) atoms. The zero-order valence-corrected chi connectivity index (χ0v) is 44.9. The molecular formula is C60H45ClF8N12O3. The van der Waals surface area contributed by atoms with Gasteiger partial charge < -0.3 is 30.9 Å². The molecule has 0 spiro atoms. The van der Waals surface area contributed by atoms with Crippen LogP contribution in [0.4, 0.5) is 52.2 Å². The van der Waals surface area contributed by atoms with Crippen molar-refractivity contribution >= 4 is 79.1 Å². The van der Waals surface area contributed by atoms with Gasteiger partial charge >= 0.3 is 6.18 Å². The Morgan fingerprint density at radius 3 is 1.29 bits per heavy atom. The van der Waals surface area contributed by atoms with Crippen molar-refractivity contribution < 1.29 is 49.5 Å². The summed E-state index contributed by atoms with van der Waals surface area (Å²) in [6.07, 6.45) is -5.21. The largest absolute Gasteiger partial charge is 0.417 e. The number of aryl methyl sites for hydroxylation is 3. The molecule has 0 unspecified atom stereocenters. The zero-order chi connectivity index (χ0) is 59.6. The van der Waals surface area contributed by atoms with Crippen molar-refractivity contribution in [3.63, 3.8) is 0 Å². The van der Waals surface area contributed by atoms with Gasteiger partial charge in [0.05, 0.1) is 5.56 Å². The summed E-state index contributed by atoms with van der Waals surface area (Å²) in [5.74, 6) is -1.53. The highest BCUT2D eigenvalue weighted by molar-refractivity contribution is 6.31. The van der Waals surface area contributed by atoms with E-state index in [4.69, 9.17) is 11.6 Å². The van der Waals surface area contributed by atoms with E-state index in [1.165, 1.54) is 44.6 Å². The molecule has 0 bridgehead atoms. The van der Waals surface area contributed by atoms with E-state index in [1.54, 1.807) is 124 Å². The monoisotopic (exact) mass is 1170 g/mol. The number of anilines is 3. The number of amides is 3. The first kappa shape index (κ1) is 57.0. The third-order valence-corrected chi connectivity index (χ3v) is 13.6. The van der Waals surface area contributed by atoms with Gasteiger partial charge in [-0.05, 0) is 109 Å². The number of H-pyrrole nitrogens is 3. The standard InChI is InChI=1S/C20H14ClF3N4O.C20H15F3N4O.C20H16F2N4O/c1-28-18(6-7-25-28)19(29)26-13-4-2-11-8-17(27-16(11)10-13)14-9-12(21)3-5-15(14)20(22,23)24;1-27-18(6-7-24-27)20(28)25-13-4-2-11-8-17(26-16(11)10-13)15-9-12(21)3-5-14(15)19(22)23;1-26-18(8-9-23-26)20(27)24-13-7-6-12-10-17(25-16(12)11-13)14-4-2-3-5-15(14)19(21)22/h2-10,27H,1H3,(H,26,29);2-10,19,26H,1H3,(H,25,28);2-11,19,25H,1H3,(H,24,27). The minimum absolute atomic E-state index is 0.0196. The van der Waals surface area contributed by atoms with Gasteiger partial charge in [0.15, 0.2) is 0 Å². The molecule has 0 fully saturated rings. The fourth-order valence-electron chi connectivity index (χ4n) is 9.30. The zero-order valence-electron chi connectivity index (χ0n) is 44.1. The fraction of sp³-hybridized carbons (Fsp3) is 0.100. The maximum absolute atomic E-state index is 13.6. The number of hydrogen-bond acceptors (Lipinski definition) is 6. The number of fused-ring (bicyclic) bond motifs is 3. The van der Waals surface area contributed by atoms with Crippen LogP contribution in [0.1, 0.15) is 61.0 Å². The van der Waals surface area contributed by atoms with E-state index in [9.17, 15) is 49.5 Å². The number of benzene rings is 6. The lowest BCUT2D eigenvalue weighted by Gasteiger charge is -2.12. The highest BCUT2D eigenvalue weighted by atomic mass is 35.5. The Balaban J connectivity index is 0.000000140. The molecule has 6 aromatic heterocycles. The van der Waals surface area contributed by atoms with Crippen LogP contribution < -0.4 is 16.0 Å². The third kappa shape index (κ3) is 12.4. The number of carbonyl (C=O) groups excluding carboxylic acids is 3. The van der Waals surface area contributed by atoms with E-state index in [1.807, 2.05) is 12.1 Å². The predicted octanol–water partition coefficient (Wildman–Crippen LogP) is 15.1. The maximum atomic E-state index is 13.6. The molecule has 12 rings (SSSR count). The van der Waals surface area contributed by atoms with Crippen LogP contribution in [0.25, 0.3) is 66.5 Å². The van der Waals surface area contributed by atoms with Crippen LogP contribution in [-0.2, 0) is 27.3 Å². The molecule has 15 nitrogen and oxygen atoms in total. The van der Waals surface area contributed by atoms with Gasteiger partial charge in [0.1, 0.15) is 22.9 Å². The van der Waals surface area contributed by atoms with Crippen LogP contribution in [0.5, 0.6) is 0 Å². The molecule has 24 heteroatoms. The van der Waals surface area contributed by atoms with E-state index in [2.05, 4.69) is 46.2 Å². The first-order valence-corrected chi connectivity index (χ1v) is 25.6. The van der Waals surface area contributed by atoms with Gasteiger partial charge in [-0.2, -0.15) is 28.5 Å². The number of alkyl halides is 7. The fourth-order valence-corrected chi connectivity index (χ4v) is 9.47. The molecule has 6 heterocycles. The highest BCUT2D eigenvalue weighted by Gasteiger charge is 2.34. The first-order valence-electron chi connectivity index (χ1n) is 25.3. The summed E-state index contributed by atoms with van der Waals surface area (Å²) in [5, 5.41) is 22.7. The Morgan fingerprint density at radius 1 is 0.476 bits per heavy atom. The average molecular weight is 1170 g/mol. The summed E-state index contributed by atoms with van der Waals surface area (Å²) >= 11 is 5.92. The van der Waals surface area contributed by atoms with Crippen LogP contribution in [0, 0.1) is 5.82 Å². The number of halogens is 9. The molecule has 0 atom stereocenters. The molecule has 6 N–H and O–H groups in total. The van der Waals surface area contributed by atoms with Gasteiger partial charge in [-0.15, -0.1) is 0 Å². The van der Waals surface area contributed by atoms with Crippen LogP contribution >= 0.6 is 11.6 Å². The number of carbonyl (C=O) groups is 3. The van der Waals surface area contributed by atoms with Crippen molar-refractivity contribution in [1.29, 1.82) is 0 Å². The summed E-state index contributed by atoms with van der Waals surface area (Å²) in [6.45, 7) is 0. The second-order valence-electron chi connectivity index (χ2n) is 18.9. The lowest BCUT2D eigenvalue weighted by molar-refractivity contribution is -0.137. The maximum Gasteiger partial charge on any atom is 0.417 e. The summed E-state index contributed by atoms with van der Waals surface area (Å²) in [6, 6.07) is 38.5. The Labute approximate surface area is 475 Å². The van der Waals surface area contributed by atoms with E-state index in [-0.39, 0.29) is 50.7 Å². The van der Waals surface area contributed by atoms with Crippen LogP contribution in [-0.4, -0.2) is 62.0 Å². The van der Waals surface area contributed by atoms with E-state index >= 15 is 0 Å². The number of hydrogen-bond donors (Lipinski definition) is 6. The minimum Gasteiger partial charge on any atom is -0.354 e. The quantitative estimate of drug-likeness (QED) is 0.0699.